The van der Waals surface area contributed by atoms with E-state index in [-0.39, 0.29) is 18.0 Å². The summed E-state index contributed by atoms with van der Waals surface area (Å²) in [4.78, 5) is 14.4. The molecule has 0 radical (unpaired) electrons. The smallest absolute Gasteiger partial charge is 0.240 e. The van der Waals surface area contributed by atoms with E-state index in [4.69, 9.17) is 0 Å². The van der Waals surface area contributed by atoms with E-state index in [0.717, 1.165) is 25.9 Å². The van der Waals surface area contributed by atoms with Crippen LogP contribution < -0.4 is 10.0 Å². The van der Waals surface area contributed by atoms with Crippen LogP contribution in [0.2, 0.25) is 0 Å². The molecule has 140 valence electrons. The second-order valence-corrected chi connectivity index (χ2v) is 8.46. The third kappa shape index (κ3) is 6.41. The van der Waals surface area contributed by atoms with Crippen LogP contribution in [0.1, 0.15) is 39.5 Å². The molecule has 25 heavy (non-hydrogen) atoms. The Bertz CT molecular complexity index is 641. The predicted molar refractivity (Wildman–Crippen MR) is 98.7 cm³/mol. The third-order valence-corrected chi connectivity index (χ3v) is 6.00. The van der Waals surface area contributed by atoms with Crippen LogP contribution >= 0.6 is 0 Å². The summed E-state index contributed by atoms with van der Waals surface area (Å²) in [5, 5.41) is 3.01. The van der Waals surface area contributed by atoms with Crippen molar-refractivity contribution < 1.29 is 13.2 Å². The molecular formula is C18H29N3O3S. The monoisotopic (exact) mass is 367 g/mol. The summed E-state index contributed by atoms with van der Waals surface area (Å²) < 4.78 is 27.5. The summed E-state index contributed by atoms with van der Waals surface area (Å²) in [5.41, 5.74) is 0. The zero-order valence-electron chi connectivity index (χ0n) is 15.1. The van der Waals surface area contributed by atoms with Crippen molar-refractivity contribution in [2.45, 2.75) is 56.5 Å². The average Bonchev–Trinajstić information content (AvgIpc) is 2.57. The van der Waals surface area contributed by atoms with Crippen molar-refractivity contribution in [1.29, 1.82) is 0 Å². The van der Waals surface area contributed by atoms with E-state index >= 15 is 0 Å². The summed E-state index contributed by atoms with van der Waals surface area (Å²) in [6, 6.07) is 8.55. The Morgan fingerprint density at radius 3 is 2.48 bits per heavy atom. The number of carbonyl (C=O) groups is 1. The fourth-order valence-electron chi connectivity index (χ4n) is 3.12. The van der Waals surface area contributed by atoms with E-state index < -0.39 is 10.0 Å². The number of benzene rings is 1. The van der Waals surface area contributed by atoms with Gasteiger partial charge >= 0.3 is 0 Å². The van der Waals surface area contributed by atoms with Crippen molar-refractivity contribution in [3.63, 3.8) is 0 Å². The van der Waals surface area contributed by atoms with Crippen LogP contribution in [0.4, 0.5) is 0 Å². The first-order chi connectivity index (χ1) is 11.9. The second kappa shape index (κ2) is 9.31. The Morgan fingerprint density at radius 1 is 1.24 bits per heavy atom. The quantitative estimate of drug-likeness (QED) is 0.733. The highest BCUT2D eigenvalue weighted by Gasteiger charge is 2.25. The molecule has 1 aromatic carbocycles. The van der Waals surface area contributed by atoms with Crippen molar-refractivity contribution >= 4 is 15.9 Å². The van der Waals surface area contributed by atoms with Crippen LogP contribution in [0.5, 0.6) is 0 Å². The SMILES string of the molecule is CCCC(C)NC(=O)CN1CCC(NS(=O)(=O)c2ccccc2)CC1. The molecule has 1 unspecified atom stereocenters. The van der Waals surface area contributed by atoms with Crippen molar-refractivity contribution in [2.24, 2.45) is 0 Å². The number of carbonyl (C=O) groups excluding carboxylic acids is 1. The van der Waals surface area contributed by atoms with Gasteiger partial charge in [-0.3, -0.25) is 9.69 Å². The minimum atomic E-state index is -3.47. The maximum atomic E-state index is 12.4. The van der Waals surface area contributed by atoms with Gasteiger partial charge in [-0.2, -0.15) is 0 Å². The standard InChI is InChI=1S/C18H29N3O3S/c1-3-7-15(2)19-18(22)14-21-12-10-16(11-13-21)20-25(23,24)17-8-5-4-6-9-17/h4-6,8-9,15-16,20H,3,7,10-14H2,1-2H3,(H,19,22). The molecule has 0 aliphatic carbocycles. The number of piperidine rings is 1. The van der Waals surface area contributed by atoms with Crippen LogP contribution in [-0.2, 0) is 14.8 Å². The molecule has 1 heterocycles. The lowest BCUT2D eigenvalue weighted by atomic mass is 10.1. The normalized spacial score (nSPS) is 18.0. The molecule has 2 N–H and O–H groups in total. The van der Waals surface area contributed by atoms with Crippen LogP contribution in [0.25, 0.3) is 0 Å². The summed E-state index contributed by atoms with van der Waals surface area (Å²) in [5.74, 6) is 0.0456. The van der Waals surface area contributed by atoms with Crippen molar-refractivity contribution in [3.8, 4) is 0 Å². The van der Waals surface area contributed by atoms with Gasteiger partial charge in [-0.05, 0) is 38.3 Å². The zero-order valence-corrected chi connectivity index (χ0v) is 15.9. The second-order valence-electron chi connectivity index (χ2n) is 6.74. The first-order valence-electron chi connectivity index (χ1n) is 9.00. The van der Waals surface area contributed by atoms with E-state index in [1.54, 1.807) is 30.3 Å². The van der Waals surface area contributed by atoms with Gasteiger partial charge < -0.3 is 5.32 Å². The molecule has 0 bridgehead atoms. The minimum Gasteiger partial charge on any atom is -0.353 e. The molecule has 1 aliphatic rings. The zero-order chi connectivity index (χ0) is 18.3. The Hall–Kier alpha value is -1.44. The molecular weight excluding hydrogens is 338 g/mol. The van der Waals surface area contributed by atoms with E-state index in [2.05, 4.69) is 21.9 Å². The first-order valence-corrected chi connectivity index (χ1v) is 10.5. The minimum absolute atomic E-state index is 0.0456. The van der Waals surface area contributed by atoms with Gasteiger partial charge in [0.05, 0.1) is 11.4 Å². The van der Waals surface area contributed by atoms with Crippen LogP contribution in [0.15, 0.2) is 35.2 Å². The lowest BCUT2D eigenvalue weighted by Gasteiger charge is -2.32. The number of rotatable bonds is 8. The first kappa shape index (κ1) is 19.9. The largest absolute Gasteiger partial charge is 0.353 e. The summed E-state index contributed by atoms with van der Waals surface area (Å²) in [6.45, 7) is 5.94. The highest BCUT2D eigenvalue weighted by Crippen LogP contribution is 2.14. The maximum absolute atomic E-state index is 12.4. The molecule has 6 nitrogen and oxygen atoms in total. The van der Waals surface area contributed by atoms with E-state index in [0.29, 0.717) is 24.3 Å². The van der Waals surface area contributed by atoms with Crippen LogP contribution in [0.3, 0.4) is 0 Å². The van der Waals surface area contributed by atoms with Gasteiger partial charge in [0, 0.05) is 25.2 Å². The van der Waals surface area contributed by atoms with E-state index in [1.807, 2.05) is 6.92 Å². The fraction of sp³-hybridized carbons (Fsp3) is 0.611. The third-order valence-electron chi connectivity index (χ3n) is 4.46. The number of hydrogen-bond acceptors (Lipinski definition) is 4. The molecule has 1 aliphatic heterocycles. The summed E-state index contributed by atoms with van der Waals surface area (Å²) >= 11 is 0. The lowest BCUT2D eigenvalue weighted by molar-refractivity contribution is -0.123. The number of amides is 1. The van der Waals surface area contributed by atoms with Gasteiger partial charge in [-0.15, -0.1) is 0 Å². The number of hydrogen-bond donors (Lipinski definition) is 2. The summed E-state index contributed by atoms with van der Waals surface area (Å²) in [7, 11) is -3.47. The molecule has 0 spiro atoms. The van der Waals surface area contributed by atoms with Crippen LogP contribution in [-0.4, -0.2) is 50.9 Å². The summed E-state index contributed by atoms with van der Waals surface area (Å²) in [6.07, 6.45) is 3.46. The van der Waals surface area contributed by atoms with E-state index in [9.17, 15) is 13.2 Å². The predicted octanol–water partition coefficient (Wildman–Crippen LogP) is 1.73. The number of nitrogens with zero attached hydrogens (tertiary/aromatic N) is 1. The van der Waals surface area contributed by atoms with Crippen molar-refractivity contribution in [2.75, 3.05) is 19.6 Å². The van der Waals surface area contributed by atoms with Gasteiger partial charge in [0.2, 0.25) is 15.9 Å². The van der Waals surface area contributed by atoms with Gasteiger partial charge in [0.25, 0.3) is 0 Å². The molecule has 2 rings (SSSR count). The molecule has 7 heteroatoms. The van der Waals surface area contributed by atoms with E-state index in [1.165, 1.54) is 0 Å². The van der Waals surface area contributed by atoms with Crippen LogP contribution in [0, 0.1) is 0 Å². The Kier molecular flexibility index (Phi) is 7.40. The average molecular weight is 368 g/mol. The van der Waals surface area contributed by atoms with Gasteiger partial charge in [-0.1, -0.05) is 31.5 Å². The Labute approximate surface area is 151 Å². The maximum Gasteiger partial charge on any atom is 0.240 e. The molecule has 1 fully saturated rings. The fourth-order valence-corrected chi connectivity index (χ4v) is 4.45. The molecule has 1 aromatic rings. The number of nitrogens with one attached hydrogen (secondary N) is 2. The van der Waals surface area contributed by atoms with Gasteiger partial charge in [-0.25, -0.2) is 13.1 Å². The van der Waals surface area contributed by atoms with Gasteiger partial charge in [0.1, 0.15) is 0 Å². The van der Waals surface area contributed by atoms with Crippen molar-refractivity contribution in [3.05, 3.63) is 30.3 Å². The molecule has 1 atom stereocenters. The van der Waals surface area contributed by atoms with Gasteiger partial charge in [0.15, 0.2) is 0 Å². The molecule has 1 amide bonds. The Balaban J connectivity index is 1.77. The lowest BCUT2D eigenvalue weighted by Crippen LogP contribution is -2.48. The highest BCUT2D eigenvalue weighted by molar-refractivity contribution is 7.89. The molecule has 1 saturated heterocycles. The topological polar surface area (TPSA) is 78.5 Å². The number of sulfonamides is 1. The number of likely N-dealkylation sites (tertiary alicyclic amines) is 1. The molecule has 0 saturated carbocycles. The molecule has 0 aromatic heterocycles. The highest BCUT2D eigenvalue weighted by atomic mass is 32.2. The van der Waals surface area contributed by atoms with Crippen molar-refractivity contribution in [1.82, 2.24) is 14.9 Å². The Morgan fingerprint density at radius 2 is 1.88 bits per heavy atom.